The van der Waals surface area contributed by atoms with Gasteiger partial charge in [0, 0.05) is 6.07 Å². The van der Waals surface area contributed by atoms with Crippen molar-refractivity contribution in [2.45, 2.75) is 13.0 Å². The van der Waals surface area contributed by atoms with E-state index in [0.29, 0.717) is 12.2 Å². The fraction of sp³-hybridized carbons (Fsp3) is 0.273. The molecule has 0 aromatic heterocycles. The van der Waals surface area contributed by atoms with Gasteiger partial charge in [-0.05, 0) is 24.1 Å². The first-order valence-corrected chi connectivity index (χ1v) is 4.76. The third-order valence-corrected chi connectivity index (χ3v) is 1.94. The first-order valence-electron chi connectivity index (χ1n) is 4.76. The molecule has 0 fully saturated rings. The number of ether oxygens (including phenoxy) is 1. The van der Waals surface area contributed by atoms with E-state index in [2.05, 4.69) is 6.58 Å². The number of hydrogen-bond donors (Lipinski definition) is 0. The molecule has 0 radical (unpaired) electrons. The van der Waals surface area contributed by atoms with Crippen molar-refractivity contribution < 1.29 is 14.1 Å². The van der Waals surface area contributed by atoms with Gasteiger partial charge in [-0.1, -0.05) is 6.08 Å². The summed E-state index contributed by atoms with van der Waals surface area (Å²) in [6, 6.07) is 3.74. The Morgan fingerprint density at radius 3 is 2.88 bits per heavy atom. The Labute approximate surface area is 92.5 Å². The average molecular weight is 225 g/mol. The van der Waals surface area contributed by atoms with Crippen LogP contribution in [0, 0.1) is 15.9 Å². The average Bonchev–Trinajstić information content (AvgIpc) is 2.24. The second-order valence-electron chi connectivity index (χ2n) is 3.17. The smallest absolute Gasteiger partial charge is 0.304 e. The minimum atomic E-state index is -0.838. The first-order chi connectivity index (χ1) is 7.65. The van der Waals surface area contributed by atoms with E-state index in [0.717, 1.165) is 18.6 Å². The van der Waals surface area contributed by atoms with Crippen molar-refractivity contribution in [1.82, 2.24) is 0 Å². The third-order valence-electron chi connectivity index (χ3n) is 1.94. The summed E-state index contributed by atoms with van der Waals surface area (Å²) in [5.74, 6) is -0.838. The van der Waals surface area contributed by atoms with Gasteiger partial charge in [-0.2, -0.15) is 4.39 Å². The van der Waals surface area contributed by atoms with Crippen molar-refractivity contribution in [2.24, 2.45) is 0 Å². The zero-order valence-corrected chi connectivity index (χ0v) is 8.69. The maximum absolute atomic E-state index is 13.2. The molecular weight excluding hydrogens is 213 g/mol. The van der Waals surface area contributed by atoms with E-state index in [1.807, 2.05) is 0 Å². The number of benzene rings is 1. The van der Waals surface area contributed by atoms with Crippen LogP contribution in [0.3, 0.4) is 0 Å². The molecule has 0 amide bonds. The van der Waals surface area contributed by atoms with Gasteiger partial charge in [0.2, 0.25) is 5.82 Å². The van der Waals surface area contributed by atoms with Gasteiger partial charge in [0.1, 0.15) is 0 Å². The molecule has 1 aromatic carbocycles. The summed E-state index contributed by atoms with van der Waals surface area (Å²) < 4.78 is 18.4. The van der Waals surface area contributed by atoms with Gasteiger partial charge in [-0.25, -0.2) is 0 Å². The molecule has 0 aliphatic rings. The highest BCUT2D eigenvalue weighted by Crippen LogP contribution is 2.18. The minimum absolute atomic E-state index is 0.239. The van der Waals surface area contributed by atoms with Crippen LogP contribution in [0.4, 0.5) is 10.1 Å². The summed E-state index contributed by atoms with van der Waals surface area (Å²) >= 11 is 0. The van der Waals surface area contributed by atoms with Gasteiger partial charge < -0.3 is 4.74 Å². The van der Waals surface area contributed by atoms with E-state index in [4.69, 9.17) is 4.74 Å². The summed E-state index contributed by atoms with van der Waals surface area (Å²) in [5.41, 5.74) is 0.0574. The van der Waals surface area contributed by atoms with E-state index in [-0.39, 0.29) is 6.61 Å². The molecule has 0 aliphatic carbocycles. The van der Waals surface area contributed by atoms with Crippen LogP contribution in [0.1, 0.15) is 12.0 Å². The fourth-order valence-corrected chi connectivity index (χ4v) is 1.14. The monoisotopic (exact) mass is 225 g/mol. The van der Waals surface area contributed by atoms with Gasteiger partial charge in [-0.3, -0.25) is 10.1 Å². The second kappa shape index (κ2) is 5.97. The maximum Gasteiger partial charge on any atom is 0.304 e. The number of nitrogens with zero attached hydrogens (tertiary/aromatic N) is 1. The van der Waals surface area contributed by atoms with E-state index >= 15 is 0 Å². The van der Waals surface area contributed by atoms with Crippen molar-refractivity contribution in [1.29, 1.82) is 0 Å². The number of halogens is 1. The number of nitro benzene ring substituents is 1. The summed E-state index contributed by atoms with van der Waals surface area (Å²) in [6.07, 6.45) is 2.44. The van der Waals surface area contributed by atoms with Crippen molar-refractivity contribution in [2.75, 3.05) is 6.61 Å². The van der Waals surface area contributed by atoms with Crippen LogP contribution in [0.5, 0.6) is 0 Å². The molecule has 4 nitrogen and oxygen atoms in total. The van der Waals surface area contributed by atoms with Crippen molar-refractivity contribution in [3.05, 3.63) is 52.3 Å². The van der Waals surface area contributed by atoms with E-state index in [1.54, 1.807) is 6.08 Å². The lowest BCUT2D eigenvalue weighted by Gasteiger charge is -2.03. The Morgan fingerprint density at radius 2 is 2.31 bits per heavy atom. The molecule has 0 N–H and O–H groups in total. The lowest BCUT2D eigenvalue weighted by Crippen LogP contribution is -1.97. The molecule has 0 heterocycles. The minimum Gasteiger partial charge on any atom is -0.376 e. The Kier molecular flexibility index (Phi) is 4.60. The predicted molar refractivity (Wildman–Crippen MR) is 57.5 cm³/mol. The molecular formula is C11H12FNO3. The molecule has 1 rings (SSSR count). The van der Waals surface area contributed by atoms with Crippen LogP contribution >= 0.6 is 0 Å². The van der Waals surface area contributed by atoms with Gasteiger partial charge in [-0.15, -0.1) is 6.58 Å². The number of nitro groups is 1. The molecule has 1 aromatic rings. The van der Waals surface area contributed by atoms with E-state index < -0.39 is 16.4 Å². The summed E-state index contributed by atoms with van der Waals surface area (Å²) in [7, 11) is 0. The molecule has 0 saturated heterocycles. The van der Waals surface area contributed by atoms with Crippen LogP contribution in [0.2, 0.25) is 0 Å². The van der Waals surface area contributed by atoms with Gasteiger partial charge in [0.25, 0.3) is 0 Å². The van der Waals surface area contributed by atoms with E-state index in [9.17, 15) is 14.5 Å². The highest BCUT2D eigenvalue weighted by molar-refractivity contribution is 5.34. The Bertz CT molecular complexity index is 393. The number of rotatable bonds is 6. The topological polar surface area (TPSA) is 52.4 Å². The van der Waals surface area contributed by atoms with Crippen LogP contribution in [-0.2, 0) is 11.3 Å². The maximum atomic E-state index is 13.2. The van der Waals surface area contributed by atoms with Crippen molar-refractivity contribution >= 4 is 5.69 Å². The number of hydrogen-bond acceptors (Lipinski definition) is 3. The molecule has 86 valence electrons. The lowest BCUT2D eigenvalue weighted by molar-refractivity contribution is -0.387. The molecule has 16 heavy (non-hydrogen) atoms. The van der Waals surface area contributed by atoms with E-state index in [1.165, 1.54) is 6.07 Å². The molecule has 0 atom stereocenters. The SMILES string of the molecule is C=CCCOCc1ccc([N+](=O)[O-])c(F)c1. The highest BCUT2D eigenvalue weighted by atomic mass is 19.1. The summed E-state index contributed by atoms with van der Waals surface area (Å²) in [5, 5.41) is 10.4. The summed E-state index contributed by atoms with van der Waals surface area (Å²) in [6.45, 7) is 4.28. The molecule has 0 spiro atoms. The normalized spacial score (nSPS) is 10.1. The predicted octanol–water partition coefficient (Wildman–Crippen LogP) is 2.83. The first kappa shape index (κ1) is 12.3. The van der Waals surface area contributed by atoms with Gasteiger partial charge in [0.05, 0.1) is 18.1 Å². The van der Waals surface area contributed by atoms with Crippen LogP contribution < -0.4 is 0 Å². The molecule has 0 bridgehead atoms. The van der Waals surface area contributed by atoms with Gasteiger partial charge >= 0.3 is 5.69 Å². The van der Waals surface area contributed by atoms with Gasteiger partial charge in [0.15, 0.2) is 0 Å². The quantitative estimate of drug-likeness (QED) is 0.324. The Balaban J connectivity index is 2.59. The zero-order valence-electron chi connectivity index (χ0n) is 8.69. The lowest BCUT2D eigenvalue weighted by atomic mass is 10.2. The largest absolute Gasteiger partial charge is 0.376 e. The van der Waals surface area contributed by atoms with Crippen LogP contribution in [0.25, 0.3) is 0 Å². The Morgan fingerprint density at radius 1 is 1.56 bits per heavy atom. The van der Waals surface area contributed by atoms with Crippen LogP contribution in [0.15, 0.2) is 30.9 Å². The molecule has 0 unspecified atom stereocenters. The second-order valence-corrected chi connectivity index (χ2v) is 3.17. The Hall–Kier alpha value is -1.75. The summed E-state index contributed by atoms with van der Waals surface area (Å²) in [4.78, 5) is 9.60. The highest BCUT2D eigenvalue weighted by Gasteiger charge is 2.13. The molecule has 0 saturated carbocycles. The van der Waals surface area contributed by atoms with Crippen molar-refractivity contribution in [3.63, 3.8) is 0 Å². The fourth-order valence-electron chi connectivity index (χ4n) is 1.14. The third kappa shape index (κ3) is 3.43. The molecule has 0 aliphatic heterocycles. The zero-order chi connectivity index (χ0) is 12.0. The van der Waals surface area contributed by atoms with Crippen molar-refractivity contribution in [3.8, 4) is 0 Å². The molecule has 5 heteroatoms. The van der Waals surface area contributed by atoms with Crippen LogP contribution in [-0.4, -0.2) is 11.5 Å². The standard InChI is InChI=1S/C11H12FNO3/c1-2-3-6-16-8-9-4-5-11(13(14)15)10(12)7-9/h2,4-5,7H,1,3,6,8H2.